The third kappa shape index (κ3) is 2.85. The summed E-state index contributed by atoms with van der Waals surface area (Å²) >= 11 is 0. The minimum Gasteiger partial charge on any atom is -0.371 e. The molecule has 1 unspecified atom stereocenters. The van der Waals surface area contributed by atoms with Crippen LogP contribution in [0.3, 0.4) is 0 Å². The smallest absolute Gasteiger partial charge is 0.0434 e. The zero-order chi connectivity index (χ0) is 16.7. The fourth-order valence-corrected chi connectivity index (χ4v) is 4.70. The first-order valence-electron chi connectivity index (χ1n) is 9.47. The minimum absolute atomic E-state index is 0.336. The van der Waals surface area contributed by atoms with Crippen LogP contribution < -0.4 is 4.90 Å². The highest BCUT2D eigenvalue weighted by Crippen LogP contribution is 2.48. The summed E-state index contributed by atoms with van der Waals surface area (Å²) in [7, 11) is 0. The Labute approximate surface area is 146 Å². The summed E-state index contributed by atoms with van der Waals surface area (Å²) in [5.41, 5.74) is 8.05. The van der Waals surface area contributed by atoms with Gasteiger partial charge in [0.2, 0.25) is 0 Å². The van der Waals surface area contributed by atoms with E-state index in [0.717, 1.165) is 6.42 Å². The summed E-state index contributed by atoms with van der Waals surface area (Å²) < 4.78 is 0. The van der Waals surface area contributed by atoms with E-state index in [1.807, 2.05) is 0 Å². The molecule has 1 heteroatoms. The van der Waals surface area contributed by atoms with E-state index in [0.29, 0.717) is 11.3 Å². The van der Waals surface area contributed by atoms with Gasteiger partial charge in [0.05, 0.1) is 0 Å². The average Bonchev–Trinajstić information content (AvgIpc) is 2.55. The van der Waals surface area contributed by atoms with Crippen LogP contribution in [0.5, 0.6) is 0 Å². The van der Waals surface area contributed by atoms with E-state index >= 15 is 0 Å². The van der Waals surface area contributed by atoms with Crippen molar-refractivity contribution < 1.29 is 0 Å². The van der Waals surface area contributed by atoms with E-state index in [-0.39, 0.29) is 0 Å². The maximum absolute atomic E-state index is 2.66. The lowest BCUT2D eigenvalue weighted by Gasteiger charge is -2.44. The molecular weight excluding hydrogens is 290 g/mol. The van der Waals surface area contributed by atoms with E-state index < -0.39 is 0 Å². The molecular formula is C23H29N. The molecule has 1 nitrogen and oxygen atoms in total. The van der Waals surface area contributed by atoms with Crippen LogP contribution in [-0.2, 0) is 12.8 Å². The maximum Gasteiger partial charge on any atom is 0.0434 e. The molecule has 0 aliphatic carbocycles. The quantitative estimate of drug-likeness (QED) is 0.700. The third-order valence-corrected chi connectivity index (χ3v) is 5.83. The summed E-state index contributed by atoms with van der Waals surface area (Å²) in [5, 5.41) is 0. The van der Waals surface area contributed by atoms with Crippen LogP contribution in [0.25, 0.3) is 0 Å². The molecule has 0 spiro atoms. The van der Waals surface area contributed by atoms with Gasteiger partial charge in [-0.15, -0.1) is 0 Å². The highest BCUT2D eigenvalue weighted by Gasteiger charge is 2.35. The lowest BCUT2D eigenvalue weighted by atomic mass is 9.70. The number of aryl methyl sites for hydroxylation is 1. The SMILES string of the molecule is CC(C)(C)C1CCN2CCCc3cc(Cc4ccccc4)cc1c32. The average molecular weight is 319 g/mol. The molecule has 2 aliphatic heterocycles. The molecule has 0 N–H and O–H groups in total. The fourth-order valence-electron chi connectivity index (χ4n) is 4.70. The van der Waals surface area contributed by atoms with E-state index in [1.165, 1.54) is 43.5 Å². The molecule has 126 valence electrons. The molecule has 1 atom stereocenters. The maximum atomic E-state index is 2.66. The summed E-state index contributed by atoms with van der Waals surface area (Å²) in [6, 6.07) is 15.9. The number of anilines is 1. The van der Waals surface area contributed by atoms with Gasteiger partial charge in [-0.25, -0.2) is 0 Å². The monoisotopic (exact) mass is 319 g/mol. The van der Waals surface area contributed by atoms with Crippen LogP contribution in [0.1, 0.15) is 61.8 Å². The highest BCUT2D eigenvalue weighted by atomic mass is 15.1. The zero-order valence-corrected chi connectivity index (χ0v) is 15.3. The number of benzene rings is 2. The van der Waals surface area contributed by atoms with Crippen molar-refractivity contribution in [3.8, 4) is 0 Å². The highest BCUT2D eigenvalue weighted by molar-refractivity contribution is 5.66. The first-order valence-corrected chi connectivity index (χ1v) is 9.47. The Kier molecular flexibility index (Phi) is 3.90. The second-order valence-electron chi connectivity index (χ2n) is 8.65. The predicted octanol–water partition coefficient (Wildman–Crippen LogP) is 5.56. The predicted molar refractivity (Wildman–Crippen MR) is 103 cm³/mol. The summed E-state index contributed by atoms with van der Waals surface area (Å²) in [6.45, 7) is 9.71. The van der Waals surface area contributed by atoms with Crippen molar-refractivity contribution in [2.45, 2.75) is 52.4 Å². The first kappa shape index (κ1) is 15.7. The van der Waals surface area contributed by atoms with Crippen LogP contribution >= 0.6 is 0 Å². The van der Waals surface area contributed by atoms with Gasteiger partial charge in [0.25, 0.3) is 0 Å². The van der Waals surface area contributed by atoms with E-state index in [9.17, 15) is 0 Å². The van der Waals surface area contributed by atoms with Crippen molar-refractivity contribution in [2.75, 3.05) is 18.0 Å². The van der Waals surface area contributed by atoms with Crippen molar-refractivity contribution in [3.63, 3.8) is 0 Å². The molecule has 2 aromatic rings. The molecule has 0 aromatic heterocycles. The molecule has 4 rings (SSSR count). The molecule has 2 heterocycles. The Morgan fingerprint density at radius 2 is 1.79 bits per heavy atom. The molecule has 24 heavy (non-hydrogen) atoms. The molecule has 0 saturated heterocycles. The molecule has 0 bridgehead atoms. The van der Waals surface area contributed by atoms with Gasteiger partial charge in [-0.2, -0.15) is 0 Å². The Hall–Kier alpha value is -1.76. The molecule has 2 aliphatic rings. The second kappa shape index (κ2) is 5.95. The standard InChI is InChI=1S/C23H29N/c1-23(2,3)21-11-13-24-12-7-10-19-15-18(16-20(21)22(19)24)14-17-8-5-4-6-9-17/h4-6,8-9,15-16,21H,7,10-14H2,1-3H3. The van der Waals surface area contributed by atoms with Crippen LogP contribution in [0.4, 0.5) is 5.69 Å². The Balaban J connectivity index is 1.79. The Morgan fingerprint density at radius 3 is 2.54 bits per heavy atom. The van der Waals surface area contributed by atoms with E-state index in [2.05, 4.69) is 68.1 Å². The third-order valence-electron chi connectivity index (χ3n) is 5.83. The largest absolute Gasteiger partial charge is 0.371 e. The molecule has 2 aromatic carbocycles. The van der Waals surface area contributed by atoms with Crippen molar-refractivity contribution in [1.82, 2.24) is 0 Å². The van der Waals surface area contributed by atoms with Crippen molar-refractivity contribution >= 4 is 5.69 Å². The van der Waals surface area contributed by atoms with Crippen molar-refractivity contribution in [2.24, 2.45) is 5.41 Å². The number of hydrogen-bond donors (Lipinski definition) is 0. The van der Waals surface area contributed by atoms with Gasteiger partial charge in [-0.3, -0.25) is 0 Å². The zero-order valence-electron chi connectivity index (χ0n) is 15.3. The van der Waals surface area contributed by atoms with Crippen LogP contribution in [0.2, 0.25) is 0 Å². The summed E-state index contributed by atoms with van der Waals surface area (Å²) in [5.74, 6) is 0.677. The molecule has 0 amide bonds. The first-order chi connectivity index (χ1) is 11.5. The van der Waals surface area contributed by atoms with E-state index in [1.54, 1.807) is 16.8 Å². The van der Waals surface area contributed by atoms with Gasteiger partial charge in [0, 0.05) is 18.8 Å². The van der Waals surface area contributed by atoms with Crippen molar-refractivity contribution in [3.05, 3.63) is 64.7 Å². The Bertz CT molecular complexity index is 724. The lowest BCUT2D eigenvalue weighted by Crippen LogP contribution is -2.38. The number of rotatable bonds is 2. The normalized spacial score (nSPS) is 20.0. The van der Waals surface area contributed by atoms with Crippen LogP contribution in [-0.4, -0.2) is 13.1 Å². The van der Waals surface area contributed by atoms with Gasteiger partial charge in [-0.1, -0.05) is 63.2 Å². The minimum atomic E-state index is 0.336. The summed E-state index contributed by atoms with van der Waals surface area (Å²) in [4.78, 5) is 2.66. The van der Waals surface area contributed by atoms with Gasteiger partial charge in [-0.05, 0) is 59.3 Å². The van der Waals surface area contributed by atoms with Gasteiger partial charge in [0.15, 0.2) is 0 Å². The van der Waals surface area contributed by atoms with E-state index in [4.69, 9.17) is 0 Å². The second-order valence-corrected chi connectivity index (χ2v) is 8.65. The van der Waals surface area contributed by atoms with Gasteiger partial charge < -0.3 is 4.90 Å². The van der Waals surface area contributed by atoms with Crippen LogP contribution in [0.15, 0.2) is 42.5 Å². The van der Waals surface area contributed by atoms with Gasteiger partial charge >= 0.3 is 0 Å². The fraction of sp³-hybridized carbons (Fsp3) is 0.478. The number of hydrogen-bond acceptors (Lipinski definition) is 1. The molecule has 0 fully saturated rings. The lowest BCUT2D eigenvalue weighted by molar-refractivity contribution is 0.297. The summed E-state index contributed by atoms with van der Waals surface area (Å²) in [6.07, 6.45) is 4.91. The van der Waals surface area contributed by atoms with Gasteiger partial charge in [0.1, 0.15) is 0 Å². The van der Waals surface area contributed by atoms with Crippen LogP contribution in [0, 0.1) is 5.41 Å². The van der Waals surface area contributed by atoms with Crippen molar-refractivity contribution in [1.29, 1.82) is 0 Å². The topological polar surface area (TPSA) is 3.24 Å². The molecule has 0 saturated carbocycles. The Morgan fingerprint density at radius 1 is 1.00 bits per heavy atom. The molecule has 0 radical (unpaired) electrons. The number of nitrogens with zero attached hydrogens (tertiary/aromatic N) is 1.